The fourth-order valence-corrected chi connectivity index (χ4v) is 3.82. The average Bonchev–Trinajstić information content (AvgIpc) is 2.81. The van der Waals surface area contributed by atoms with Gasteiger partial charge in [-0.05, 0) is 42.0 Å². The van der Waals surface area contributed by atoms with Crippen LogP contribution in [0.15, 0.2) is 78.9 Å². The molecule has 3 aromatic rings. The number of carbonyl (C=O) groups excluding carboxylic acids is 3. The maximum Gasteiger partial charge on any atom is 0.251 e. The number of fused-ring (bicyclic) bond motifs is 1. The number of para-hydroxylation sites is 2. The second kappa shape index (κ2) is 9.90. The van der Waals surface area contributed by atoms with Crippen molar-refractivity contribution in [2.24, 2.45) is 0 Å². The van der Waals surface area contributed by atoms with Gasteiger partial charge in [-0.3, -0.25) is 19.3 Å². The van der Waals surface area contributed by atoms with Crippen LogP contribution in [0.3, 0.4) is 0 Å². The molecule has 166 valence electrons. The Morgan fingerprint density at radius 2 is 1.70 bits per heavy atom. The quantitative estimate of drug-likeness (QED) is 0.481. The lowest BCUT2D eigenvalue weighted by molar-refractivity contribution is -0.124. The number of anilines is 3. The minimum absolute atomic E-state index is 0.245. The first-order valence-corrected chi connectivity index (χ1v) is 10.9. The number of benzene rings is 3. The van der Waals surface area contributed by atoms with Crippen molar-refractivity contribution >= 4 is 64.1 Å². The van der Waals surface area contributed by atoms with Crippen LogP contribution >= 0.6 is 23.2 Å². The molecule has 33 heavy (non-hydrogen) atoms. The molecule has 0 saturated heterocycles. The van der Waals surface area contributed by atoms with Crippen LogP contribution in [-0.4, -0.2) is 23.8 Å². The number of hydrogen-bond acceptors (Lipinski definition) is 3. The highest BCUT2D eigenvalue weighted by molar-refractivity contribution is 6.42. The molecule has 0 spiro atoms. The van der Waals surface area contributed by atoms with E-state index in [1.165, 1.54) is 17.0 Å². The maximum atomic E-state index is 13.2. The third-order valence-corrected chi connectivity index (χ3v) is 5.81. The van der Waals surface area contributed by atoms with Gasteiger partial charge in [0.25, 0.3) is 5.91 Å². The lowest BCUT2D eigenvalue weighted by Gasteiger charge is -2.35. The highest BCUT2D eigenvalue weighted by atomic mass is 35.5. The van der Waals surface area contributed by atoms with Gasteiger partial charge in [-0.2, -0.15) is 0 Å². The Morgan fingerprint density at radius 1 is 0.970 bits per heavy atom. The van der Waals surface area contributed by atoms with Gasteiger partial charge in [-0.15, -0.1) is 0 Å². The first-order chi connectivity index (χ1) is 15.9. The second-order valence-corrected chi connectivity index (χ2v) is 8.17. The monoisotopic (exact) mass is 479 g/mol. The Morgan fingerprint density at radius 3 is 2.45 bits per heavy atom. The molecule has 1 heterocycles. The Balaban J connectivity index is 1.59. The Hall–Kier alpha value is -3.61. The lowest BCUT2D eigenvalue weighted by Crippen LogP contribution is -2.52. The molecule has 2 N–H and O–H groups in total. The molecule has 0 saturated carbocycles. The standard InChI is InChI=1S/C25H19Cl2N3O3/c26-18-12-11-17(14-19(18)27)28-23(31)15-22-25(33)29-20-8-4-5-9-21(20)30(22)24(32)13-10-16-6-2-1-3-7-16/h1-14,22H,15H2,(H,28,31)(H,29,33)/b13-10+. The lowest BCUT2D eigenvalue weighted by atomic mass is 10.0. The zero-order valence-electron chi connectivity index (χ0n) is 17.3. The van der Waals surface area contributed by atoms with E-state index in [0.717, 1.165) is 5.56 Å². The van der Waals surface area contributed by atoms with Crippen molar-refractivity contribution in [1.82, 2.24) is 0 Å². The summed E-state index contributed by atoms with van der Waals surface area (Å²) in [6, 6.07) is 20.0. The van der Waals surface area contributed by atoms with Gasteiger partial charge in [0.15, 0.2) is 0 Å². The largest absolute Gasteiger partial charge is 0.326 e. The fraction of sp³-hybridized carbons (Fsp3) is 0.0800. The Kier molecular flexibility index (Phi) is 6.77. The van der Waals surface area contributed by atoms with Gasteiger partial charge in [-0.1, -0.05) is 65.7 Å². The smallest absolute Gasteiger partial charge is 0.251 e. The van der Waals surface area contributed by atoms with E-state index in [1.54, 1.807) is 42.5 Å². The summed E-state index contributed by atoms with van der Waals surface area (Å²) in [6.07, 6.45) is 2.82. The van der Waals surface area contributed by atoms with E-state index in [2.05, 4.69) is 10.6 Å². The number of hydrogen-bond donors (Lipinski definition) is 2. The molecule has 8 heteroatoms. The Labute approximate surface area is 200 Å². The normalized spacial score (nSPS) is 15.2. The molecule has 1 atom stereocenters. The molecule has 1 unspecified atom stereocenters. The van der Waals surface area contributed by atoms with Crippen molar-refractivity contribution in [1.29, 1.82) is 0 Å². The van der Waals surface area contributed by atoms with Gasteiger partial charge in [0.1, 0.15) is 6.04 Å². The van der Waals surface area contributed by atoms with E-state index >= 15 is 0 Å². The van der Waals surface area contributed by atoms with Gasteiger partial charge < -0.3 is 10.6 Å². The van der Waals surface area contributed by atoms with Crippen LogP contribution in [0.4, 0.5) is 17.1 Å². The number of rotatable bonds is 5. The van der Waals surface area contributed by atoms with Crippen LogP contribution < -0.4 is 15.5 Å². The first-order valence-electron chi connectivity index (χ1n) is 10.1. The van der Waals surface area contributed by atoms with Gasteiger partial charge >= 0.3 is 0 Å². The summed E-state index contributed by atoms with van der Waals surface area (Å²) in [4.78, 5) is 40.2. The van der Waals surface area contributed by atoms with E-state index in [-0.39, 0.29) is 6.42 Å². The molecule has 0 aliphatic carbocycles. The summed E-state index contributed by atoms with van der Waals surface area (Å²) >= 11 is 11.9. The molecule has 3 amide bonds. The van der Waals surface area contributed by atoms with Crippen molar-refractivity contribution in [2.45, 2.75) is 12.5 Å². The summed E-state index contributed by atoms with van der Waals surface area (Å²) in [7, 11) is 0. The van der Waals surface area contributed by atoms with Crippen LogP contribution in [0.25, 0.3) is 6.08 Å². The molecule has 0 radical (unpaired) electrons. The van der Waals surface area contributed by atoms with Gasteiger partial charge in [-0.25, -0.2) is 0 Å². The number of carbonyl (C=O) groups is 3. The van der Waals surface area contributed by atoms with E-state index in [9.17, 15) is 14.4 Å². The molecule has 1 aliphatic heterocycles. The number of halogens is 2. The number of amides is 3. The van der Waals surface area contributed by atoms with E-state index in [4.69, 9.17) is 23.2 Å². The number of nitrogens with zero attached hydrogens (tertiary/aromatic N) is 1. The third kappa shape index (κ3) is 5.25. The fourth-order valence-electron chi connectivity index (χ4n) is 3.52. The van der Waals surface area contributed by atoms with Crippen LogP contribution in [0, 0.1) is 0 Å². The molecular formula is C25H19Cl2N3O3. The minimum atomic E-state index is -1.03. The SMILES string of the molecule is O=C(CC1C(=O)Nc2ccccc2N1C(=O)/C=C/c1ccccc1)Nc1ccc(Cl)c(Cl)c1. The Bertz CT molecular complexity index is 1240. The van der Waals surface area contributed by atoms with Gasteiger partial charge in [0.2, 0.25) is 11.8 Å². The molecule has 4 rings (SSSR count). The average molecular weight is 480 g/mol. The molecule has 0 fully saturated rings. The van der Waals surface area contributed by atoms with Crippen molar-refractivity contribution in [2.75, 3.05) is 15.5 Å². The van der Waals surface area contributed by atoms with Crippen molar-refractivity contribution in [3.63, 3.8) is 0 Å². The summed E-state index contributed by atoms with van der Waals surface area (Å²) in [5.74, 6) is -1.30. The van der Waals surface area contributed by atoms with Crippen molar-refractivity contribution in [3.05, 3.63) is 94.5 Å². The van der Waals surface area contributed by atoms with E-state index in [1.807, 2.05) is 30.3 Å². The molecule has 0 aromatic heterocycles. The van der Waals surface area contributed by atoms with Crippen LogP contribution in [-0.2, 0) is 14.4 Å². The van der Waals surface area contributed by atoms with Crippen LogP contribution in [0.1, 0.15) is 12.0 Å². The zero-order valence-corrected chi connectivity index (χ0v) is 18.8. The highest BCUT2D eigenvalue weighted by Gasteiger charge is 2.37. The third-order valence-electron chi connectivity index (χ3n) is 5.07. The predicted molar refractivity (Wildman–Crippen MR) is 132 cm³/mol. The van der Waals surface area contributed by atoms with Gasteiger partial charge in [0, 0.05) is 11.8 Å². The topological polar surface area (TPSA) is 78.5 Å². The maximum absolute atomic E-state index is 13.2. The highest BCUT2D eigenvalue weighted by Crippen LogP contribution is 2.33. The van der Waals surface area contributed by atoms with Crippen LogP contribution in [0.2, 0.25) is 10.0 Å². The van der Waals surface area contributed by atoms with Crippen LogP contribution in [0.5, 0.6) is 0 Å². The van der Waals surface area contributed by atoms with Gasteiger partial charge in [0.05, 0.1) is 27.8 Å². The van der Waals surface area contributed by atoms with Crippen molar-refractivity contribution in [3.8, 4) is 0 Å². The summed E-state index contributed by atoms with van der Waals surface area (Å²) in [5, 5.41) is 6.13. The molecule has 3 aromatic carbocycles. The molecule has 0 bridgehead atoms. The van der Waals surface area contributed by atoms with Crippen molar-refractivity contribution < 1.29 is 14.4 Å². The molecular weight excluding hydrogens is 461 g/mol. The second-order valence-electron chi connectivity index (χ2n) is 7.36. The zero-order chi connectivity index (χ0) is 23.4. The molecule has 1 aliphatic rings. The molecule has 6 nitrogen and oxygen atoms in total. The summed E-state index contributed by atoms with van der Waals surface area (Å²) in [6.45, 7) is 0. The van der Waals surface area contributed by atoms with E-state index < -0.39 is 23.8 Å². The first kappa shape index (κ1) is 22.6. The van der Waals surface area contributed by atoms with E-state index in [0.29, 0.717) is 27.1 Å². The summed E-state index contributed by atoms with van der Waals surface area (Å²) in [5.41, 5.74) is 2.31. The summed E-state index contributed by atoms with van der Waals surface area (Å²) < 4.78 is 0. The number of nitrogens with one attached hydrogen (secondary N) is 2. The minimum Gasteiger partial charge on any atom is -0.326 e. The predicted octanol–water partition coefficient (Wildman–Crippen LogP) is 5.39.